The Morgan fingerprint density at radius 2 is 2.33 bits per heavy atom. The minimum Gasteiger partial charge on any atom is -0.336 e. The lowest BCUT2D eigenvalue weighted by Crippen LogP contribution is -2.33. The first-order chi connectivity index (χ1) is 7.16. The zero-order valence-corrected chi connectivity index (χ0v) is 8.27. The summed E-state index contributed by atoms with van der Waals surface area (Å²) in [5, 5.41) is 0. The first-order valence-corrected chi connectivity index (χ1v) is 4.91. The fourth-order valence-corrected chi connectivity index (χ4v) is 1.71. The molecule has 1 aliphatic heterocycles. The van der Waals surface area contributed by atoms with Gasteiger partial charge in [-0.1, -0.05) is 6.07 Å². The summed E-state index contributed by atoms with van der Waals surface area (Å²) < 4.78 is 0. The highest BCUT2D eigenvalue weighted by atomic mass is 16.2. The third-order valence-corrected chi connectivity index (χ3v) is 2.51. The van der Waals surface area contributed by atoms with Crippen LogP contribution >= 0.6 is 0 Å². The maximum atomic E-state index is 11.8. The molecule has 2 rings (SSSR count). The van der Waals surface area contributed by atoms with Crippen molar-refractivity contribution in [3.63, 3.8) is 0 Å². The minimum atomic E-state index is -0.260. The number of aromatic amines is 1. The Balaban J connectivity index is 2.18. The van der Waals surface area contributed by atoms with Gasteiger partial charge in [-0.3, -0.25) is 9.59 Å². The Kier molecular flexibility index (Phi) is 2.55. The predicted molar refractivity (Wildman–Crippen MR) is 55.6 cm³/mol. The van der Waals surface area contributed by atoms with Gasteiger partial charge in [0.2, 0.25) is 5.56 Å². The molecule has 1 amide bonds. The van der Waals surface area contributed by atoms with Crippen LogP contribution < -0.4 is 11.3 Å². The van der Waals surface area contributed by atoms with Gasteiger partial charge in [0.1, 0.15) is 5.69 Å². The van der Waals surface area contributed by atoms with Gasteiger partial charge in [0, 0.05) is 25.2 Å². The van der Waals surface area contributed by atoms with Crippen molar-refractivity contribution in [2.24, 2.45) is 5.73 Å². The molecule has 15 heavy (non-hydrogen) atoms. The van der Waals surface area contributed by atoms with Crippen molar-refractivity contribution in [3.8, 4) is 0 Å². The molecule has 1 saturated heterocycles. The smallest absolute Gasteiger partial charge is 0.270 e. The van der Waals surface area contributed by atoms with Crippen molar-refractivity contribution >= 4 is 5.91 Å². The van der Waals surface area contributed by atoms with Crippen LogP contribution in [0.4, 0.5) is 0 Å². The number of hydrogen-bond donors (Lipinski definition) is 2. The number of carbonyl (C=O) groups is 1. The Hall–Kier alpha value is -1.62. The molecule has 1 aromatic rings. The second-order valence-corrected chi connectivity index (χ2v) is 3.73. The monoisotopic (exact) mass is 207 g/mol. The van der Waals surface area contributed by atoms with Gasteiger partial charge in [-0.25, -0.2) is 0 Å². The van der Waals surface area contributed by atoms with E-state index in [0.29, 0.717) is 18.8 Å². The Morgan fingerprint density at radius 3 is 2.93 bits per heavy atom. The Bertz CT molecular complexity index is 427. The molecule has 1 atom stereocenters. The van der Waals surface area contributed by atoms with E-state index in [2.05, 4.69) is 4.98 Å². The number of aromatic nitrogens is 1. The molecule has 0 aromatic carbocycles. The summed E-state index contributed by atoms with van der Waals surface area (Å²) in [4.78, 5) is 27.0. The van der Waals surface area contributed by atoms with Crippen molar-refractivity contribution in [1.82, 2.24) is 9.88 Å². The van der Waals surface area contributed by atoms with E-state index in [1.165, 1.54) is 6.07 Å². The largest absolute Gasteiger partial charge is 0.336 e. The fourth-order valence-electron chi connectivity index (χ4n) is 1.71. The predicted octanol–water partition coefficient (Wildman–Crippen LogP) is -0.452. The summed E-state index contributed by atoms with van der Waals surface area (Å²) in [5.74, 6) is -0.152. The molecule has 0 aliphatic carbocycles. The van der Waals surface area contributed by atoms with E-state index in [9.17, 15) is 9.59 Å². The van der Waals surface area contributed by atoms with Gasteiger partial charge in [-0.2, -0.15) is 0 Å². The Labute approximate surface area is 86.9 Å². The van der Waals surface area contributed by atoms with E-state index in [0.717, 1.165) is 6.42 Å². The number of amides is 1. The topological polar surface area (TPSA) is 79.2 Å². The zero-order chi connectivity index (χ0) is 10.8. The summed E-state index contributed by atoms with van der Waals surface area (Å²) in [6.07, 6.45) is 0.822. The van der Waals surface area contributed by atoms with Crippen LogP contribution in [0.25, 0.3) is 0 Å². The fraction of sp³-hybridized carbons (Fsp3) is 0.400. The van der Waals surface area contributed by atoms with Crippen LogP contribution in [-0.2, 0) is 0 Å². The standard InChI is InChI=1S/C10H13N3O2/c11-7-4-5-13(6-7)10(15)8-2-1-3-9(14)12-8/h1-3,7H,4-6,11H2,(H,12,14)/t7-/m0/s1. The molecule has 2 heterocycles. The number of H-pyrrole nitrogens is 1. The van der Waals surface area contributed by atoms with Crippen LogP contribution in [0, 0.1) is 0 Å². The molecule has 5 heteroatoms. The minimum absolute atomic E-state index is 0.0596. The van der Waals surface area contributed by atoms with Gasteiger partial charge in [0.15, 0.2) is 0 Å². The molecule has 0 saturated carbocycles. The molecule has 1 fully saturated rings. The number of pyridine rings is 1. The van der Waals surface area contributed by atoms with Crippen LogP contribution in [-0.4, -0.2) is 34.9 Å². The van der Waals surface area contributed by atoms with Crippen LogP contribution in [0.15, 0.2) is 23.0 Å². The highest BCUT2D eigenvalue weighted by molar-refractivity contribution is 5.92. The maximum Gasteiger partial charge on any atom is 0.270 e. The van der Waals surface area contributed by atoms with Crippen LogP contribution in [0.5, 0.6) is 0 Å². The first-order valence-electron chi connectivity index (χ1n) is 4.91. The van der Waals surface area contributed by atoms with E-state index in [1.807, 2.05) is 0 Å². The molecule has 0 bridgehead atoms. The summed E-state index contributed by atoms with van der Waals surface area (Å²) in [5.41, 5.74) is 5.78. The van der Waals surface area contributed by atoms with E-state index >= 15 is 0 Å². The average molecular weight is 207 g/mol. The molecule has 0 unspecified atom stereocenters. The second kappa shape index (κ2) is 3.86. The van der Waals surface area contributed by atoms with E-state index in [-0.39, 0.29) is 17.5 Å². The zero-order valence-electron chi connectivity index (χ0n) is 8.27. The van der Waals surface area contributed by atoms with Crippen molar-refractivity contribution < 1.29 is 4.79 Å². The summed E-state index contributed by atoms with van der Waals surface area (Å²) in [6.45, 7) is 1.23. The molecule has 1 aliphatic rings. The first kappa shape index (κ1) is 9.92. The third kappa shape index (κ3) is 2.07. The van der Waals surface area contributed by atoms with Gasteiger partial charge in [0.25, 0.3) is 5.91 Å². The number of nitrogens with two attached hydrogens (primary N) is 1. The molecule has 1 aromatic heterocycles. The molecular formula is C10H13N3O2. The normalized spacial score (nSPS) is 20.6. The number of carbonyl (C=O) groups excluding carboxylic acids is 1. The van der Waals surface area contributed by atoms with Crippen molar-refractivity contribution in [2.45, 2.75) is 12.5 Å². The number of likely N-dealkylation sites (tertiary alicyclic amines) is 1. The summed E-state index contributed by atoms with van der Waals surface area (Å²) in [6, 6.07) is 4.62. The summed E-state index contributed by atoms with van der Waals surface area (Å²) in [7, 11) is 0. The number of rotatable bonds is 1. The maximum absolute atomic E-state index is 11.8. The molecule has 0 spiro atoms. The van der Waals surface area contributed by atoms with Gasteiger partial charge in [0.05, 0.1) is 0 Å². The van der Waals surface area contributed by atoms with Gasteiger partial charge >= 0.3 is 0 Å². The van der Waals surface area contributed by atoms with Crippen molar-refractivity contribution in [3.05, 3.63) is 34.2 Å². The quantitative estimate of drug-likeness (QED) is 0.654. The lowest BCUT2D eigenvalue weighted by Gasteiger charge is -2.14. The van der Waals surface area contributed by atoms with Crippen molar-refractivity contribution in [2.75, 3.05) is 13.1 Å². The highest BCUT2D eigenvalue weighted by Gasteiger charge is 2.24. The van der Waals surface area contributed by atoms with E-state index < -0.39 is 0 Å². The Morgan fingerprint density at radius 1 is 1.53 bits per heavy atom. The number of hydrogen-bond acceptors (Lipinski definition) is 3. The van der Waals surface area contributed by atoms with E-state index in [1.54, 1.807) is 17.0 Å². The number of nitrogens with zero attached hydrogens (tertiary/aromatic N) is 1. The van der Waals surface area contributed by atoms with E-state index in [4.69, 9.17) is 5.73 Å². The highest BCUT2D eigenvalue weighted by Crippen LogP contribution is 2.09. The van der Waals surface area contributed by atoms with Crippen LogP contribution in [0.2, 0.25) is 0 Å². The lowest BCUT2D eigenvalue weighted by atomic mass is 10.3. The summed E-state index contributed by atoms with van der Waals surface area (Å²) >= 11 is 0. The molecule has 80 valence electrons. The molecule has 5 nitrogen and oxygen atoms in total. The van der Waals surface area contributed by atoms with Crippen LogP contribution in [0.3, 0.4) is 0 Å². The van der Waals surface area contributed by atoms with Gasteiger partial charge < -0.3 is 15.6 Å². The lowest BCUT2D eigenvalue weighted by molar-refractivity contribution is 0.0785. The molecular weight excluding hydrogens is 194 g/mol. The third-order valence-electron chi connectivity index (χ3n) is 2.51. The van der Waals surface area contributed by atoms with Crippen LogP contribution in [0.1, 0.15) is 16.9 Å². The second-order valence-electron chi connectivity index (χ2n) is 3.73. The number of nitrogens with one attached hydrogen (secondary N) is 1. The SMILES string of the molecule is N[C@H]1CCN(C(=O)c2cccc(=O)[nH]2)C1. The van der Waals surface area contributed by atoms with Gasteiger partial charge in [-0.05, 0) is 12.5 Å². The average Bonchev–Trinajstić information content (AvgIpc) is 2.64. The van der Waals surface area contributed by atoms with Gasteiger partial charge in [-0.15, -0.1) is 0 Å². The van der Waals surface area contributed by atoms with Crippen molar-refractivity contribution in [1.29, 1.82) is 0 Å². The molecule has 3 N–H and O–H groups in total. The molecule has 0 radical (unpaired) electrons.